The predicted octanol–water partition coefficient (Wildman–Crippen LogP) is 1.25. The molecule has 17 heavy (non-hydrogen) atoms. The molecule has 0 bridgehead atoms. The molecule has 0 spiro atoms. The van der Waals surface area contributed by atoms with Crippen LogP contribution in [-0.4, -0.2) is 56.2 Å². The number of benzene rings is 1. The Labute approximate surface area is 102 Å². The summed E-state index contributed by atoms with van der Waals surface area (Å²) >= 11 is 0. The van der Waals surface area contributed by atoms with E-state index in [0.717, 1.165) is 32.7 Å². The fourth-order valence-electron chi connectivity index (χ4n) is 1.87. The van der Waals surface area contributed by atoms with Crippen molar-refractivity contribution in [2.24, 2.45) is 0 Å². The van der Waals surface area contributed by atoms with E-state index in [4.69, 9.17) is 4.74 Å². The Morgan fingerprint density at radius 3 is 2.82 bits per heavy atom. The zero-order valence-corrected chi connectivity index (χ0v) is 10.2. The van der Waals surface area contributed by atoms with Gasteiger partial charge in [0.05, 0.1) is 0 Å². The van der Waals surface area contributed by atoms with E-state index in [1.54, 1.807) is 12.1 Å². The summed E-state index contributed by atoms with van der Waals surface area (Å²) in [5.74, 6) is -0.0243. The highest BCUT2D eigenvalue weighted by Gasteiger charge is 2.13. The van der Waals surface area contributed by atoms with Crippen LogP contribution in [0, 0.1) is 11.9 Å². The molecule has 2 rings (SSSR count). The van der Waals surface area contributed by atoms with Crippen LogP contribution in [0.1, 0.15) is 0 Å². The largest absolute Gasteiger partial charge is 0.489 e. The SMILES string of the molecule is CN1CCN(CCOc2cc[c]cc2F)CC1. The number of hydrogen-bond acceptors (Lipinski definition) is 3. The van der Waals surface area contributed by atoms with E-state index in [0.29, 0.717) is 12.4 Å². The van der Waals surface area contributed by atoms with E-state index in [-0.39, 0.29) is 5.82 Å². The van der Waals surface area contributed by atoms with Crippen molar-refractivity contribution < 1.29 is 9.13 Å². The topological polar surface area (TPSA) is 15.7 Å². The van der Waals surface area contributed by atoms with Gasteiger partial charge in [-0.15, -0.1) is 0 Å². The molecule has 0 N–H and O–H groups in total. The lowest BCUT2D eigenvalue weighted by atomic mass is 10.3. The van der Waals surface area contributed by atoms with E-state index in [2.05, 4.69) is 22.9 Å². The molecule has 0 aliphatic carbocycles. The molecular formula is C13H18FN2O. The minimum atomic E-state index is -0.342. The summed E-state index contributed by atoms with van der Waals surface area (Å²) in [6.45, 7) is 5.69. The highest BCUT2D eigenvalue weighted by atomic mass is 19.1. The van der Waals surface area contributed by atoms with Gasteiger partial charge in [0.2, 0.25) is 0 Å². The normalized spacial score (nSPS) is 18.2. The van der Waals surface area contributed by atoms with Crippen LogP contribution in [0.5, 0.6) is 5.75 Å². The van der Waals surface area contributed by atoms with E-state index < -0.39 is 0 Å². The Hall–Kier alpha value is -1.13. The second-order valence-electron chi connectivity index (χ2n) is 4.35. The average molecular weight is 237 g/mol. The Morgan fingerprint density at radius 2 is 2.12 bits per heavy atom. The Kier molecular flexibility index (Phi) is 4.34. The molecule has 1 fully saturated rings. The summed E-state index contributed by atoms with van der Waals surface area (Å²) in [5, 5.41) is 0. The quantitative estimate of drug-likeness (QED) is 0.784. The first-order chi connectivity index (χ1) is 8.25. The highest BCUT2D eigenvalue weighted by Crippen LogP contribution is 2.14. The number of piperazine rings is 1. The van der Waals surface area contributed by atoms with Crippen molar-refractivity contribution in [1.82, 2.24) is 9.80 Å². The Morgan fingerprint density at radius 1 is 1.35 bits per heavy atom. The number of halogens is 1. The van der Waals surface area contributed by atoms with Crippen LogP contribution in [-0.2, 0) is 0 Å². The molecule has 93 valence electrons. The van der Waals surface area contributed by atoms with Gasteiger partial charge in [-0.2, -0.15) is 0 Å². The van der Waals surface area contributed by atoms with Crippen LogP contribution in [0.3, 0.4) is 0 Å². The van der Waals surface area contributed by atoms with Crippen LogP contribution < -0.4 is 4.74 Å². The van der Waals surface area contributed by atoms with Crippen LogP contribution in [0.4, 0.5) is 4.39 Å². The highest BCUT2D eigenvalue weighted by molar-refractivity contribution is 5.22. The summed E-state index contributed by atoms with van der Waals surface area (Å²) in [6.07, 6.45) is 0. The fourth-order valence-corrected chi connectivity index (χ4v) is 1.87. The second kappa shape index (κ2) is 5.98. The molecule has 0 unspecified atom stereocenters. The predicted molar refractivity (Wildman–Crippen MR) is 64.7 cm³/mol. The van der Waals surface area contributed by atoms with Gasteiger partial charge in [-0.3, -0.25) is 4.90 Å². The molecule has 1 heterocycles. The van der Waals surface area contributed by atoms with Gasteiger partial charge >= 0.3 is 0 Å². The summed E-state index contributed by atoms with van der Waals surface area (Å²) < 4.78 is 18.6. The summed E-state index contributed by atoms with van der Waals surface area (Å²) in [5.41, 5.74) is 0. The monoisotopic (exact) mass is 237 g/mol. The first kappa shape index (κ1) is 12.3. The first-order valence-corrected chi connectivity index (χ1v) is 5.95. The third-order valence-corrected chi connectivity index (χ3v) is 3.04. The molecule has 1 saturated heterocycles. The number of rotatable bonds is 4. The molecule has 0 amide bonds. The van der Waals surface area contributed by atoms with Crippen molar-refractivity contribution >= 4 is 0 Å². The summed E-state index contributed by atoms with van der Waals surface area (Å²) in [4.78, 5) is 4.65. The van der Waals surface area contributed by atoms with Crippen molar-refractivity contribution in [3.8, 4) is 5.75 Å². The van der Waals surface area contributed by atoms with Gasteiger partial charge in [0.25, 0.3) is 0 Å². The molecule has 3 nitrogen and oxygen atoms in total. The Bertz CT molecular complexity index is 351. The van der Waals surface area contributed by atoms with Gasteiger partial charge in [0.1, 0.15) is 6.61 Å². The Balaban J connectivity index is 1.71. The van der Waals surface area contributed by atoms with Gasteiger partial charge in [-0.25, -0.2) is 4.39 Å². The van der Waals surface area contributed by atoms with Crippen LogP contribution in [0.15, 0.2) is 18.2 Å². The van der Waals surface area contributed by atoms with Crippen molar-refractivity contribution in [3.05, 3.63) is 30.1 Å². The molecule has 4 heteroatoms. The van der Waals surface area contributed by atoms with E-state index >= 15 is 0 Å². The third kappa shape index (κ3) is 3.68. The number of likely N-dealkylation sites (N-methyl/N-ethyl adjacent to an activating group) is 1. The van der Waals surface area contributed by atoms with E-state index in [1.165, 1.54) is 6.07 Å². The second-order valence-corrected chi connectivity index (χ2v) is 4.35. The lowest BCUT2D eigenvalue weighted by molar-refractivity contribution is 0.132. The molecule has 1 aliphatic rings. The summed E-state index contributed by atoms with van der Waals surface area (Å²) in [7, 11) is 2.13. The molecule has 0 aromatic heterocycles. The minimum absolute atomic E-state index is 0.317. The molecule has 1 radical (unpaired) electrons. The van der Waals surface area contributed by atoms with Crippen LogP contribution >= 0.6 is 0 Å². The fraction of sp³-hybridized carbons (Fsp3) is 0.538. The lowest BCUT2D eigenvalue weighted by Gasteiger charge is -2.32. The van der Waals surface area contributed by atoms with E-state index in [1.807, 2.05) is 0 Å². The van der Waals surface area contributed by atoms with Crippen LogP contribution in [0.2, 0.25) is 0 Å². The molecule has 1 aromatic carbocycles. The van der Waals surface area contributed by atoms with Crippen molar-refractivity contribution in [1.29, 1.82) is 0 Å². The smallest absolute Gasteiger partial charge is 0.165 e. The average Bonchev–Trinajstić information content (AvgIpc) is 2.34. The first-order valence-electron chi connectivity index (χ1n) is 5.95. The van der Waals surface area contributed by atoms with Gasteiger partial charge in [0, 0.05) is 32.7 Å². The summed E-state index contributed by atoms with van der Waals surface area (Å²) in [6, 6.07) is 7.24. The minimum Gasteiger partial charge on any atom is -0.489 e. The molecular weight excluding hydrogens is 219 g/mol. The maximum atomic E-state index is 13.2. The molecule has 1 aromatic rings. The maximum absolute atomic E-state index is 13.2. The number of ether oxygens (including phenoxy) is 1. The lowest BCUT2D eigenvalue weighted by Crippen LogP contribution is -2.45. The van der Waals surface area contributed by atoms with Crippen molar-refractivity contribution in [2.75, 3.05) is 46.4 Å². The number of nitrogens with zero attached hydrogens (tertiary/aromatic N) is 2. The van der Waals surface area contributed by atoms with Crippen molar-refractivity contribution in [3.63, 3.8) is 0 Å². The van der Waals surface area contributed by atoms with E-state index in [9.17, 15) is 4.39 Å². The molecule has 0 atom stereocenters. The standard InChI is InChI=1S/C13H18FN2O/c1-15-6-8-16(9-7-15)10-11-17-13-5-3-2-4-12(13)14/h3-5H,6-11H2,1H3. The van der Waals surface area contributed by atoms with Gasteiger partial charge in [-0.1, -0.05) is 6.07 Å². The molecule has 0 saturated carbocycles. The third-order valence-electron chi connectivity index (χ3n) is 3.04. The maximum Gasteiger partial charge on any atom is 0.165 e. The van der Waals surface area contributed by atoms with Crippen LogP contribution in [0.25, 0.3) is 0 Å². The zero-order valence-electron chi connectivity index (χ0n) is 10.2. The zero-order chi connectivity index (χ0) is 12.1. The van der Waals surface area contributed by atoms with Gasteiger partial charge in [0.15, 0.2) is 11.6 Å². The van der Waals surface area contributed by atoms with Gasteiger partial charge < -0.3 is 9.64 Å². The van der Waals surface area contributed by atoms with Gasteiger partial charge in [-0.05, 0) is 25.2 Å². The molecule has 1 aliphatic heterocycles. The number of hydrogen-bond donors (Lipinski definition) is 0. The van der Waals surface area contributed by atoms with Crippen molar-refractivity contribution in [2.45, 2.75) is 0 Å².